The molecular weight excluding hydrogens is 212 g/mol. The Kier molecular flexibility index (Phi) is 3.12. The summed E-state index contributed by atoms with van der Waals surface area (Å²) in [5, 5.41) is 3.75. The van der Waals surface area contributed by atoms with Crippen molar-refractivity contribution in [2.24, 2.45) is 11.8 Å². The van der Waals surface area contributed by atoms with Gasteiger partial charge < -0.3 is 10.2 Å². The molecule has 17 heavy (non-hydrogen) atoms. The summed E-state index contributed by atoms with van der Waals surface area (Å²) in [6, 6.07) is 1.33. The minimum Gasteiger partial charge on any atom is -0.342 e. The first kappa shape index (κ1) is 11.5. The smallest absolute Gasteiger partial charge is 0.225 e. The van der Waals surface area contributed by atoms with Gasteiger partial charge in [0, 0.05) is 31.1 Å². The van der Waals surface area contributed by atoms with Crippen molar-refractivity contribution in [3.8, 4) is 0 Å². The molecule has 2 saturated carbocycles. The van der Waals surface area contributed by atoms with E-state index in [1.807, 2.05) is 0 Å². The van der Waals surface area contributed by atoms with Crippen molar-refractivity contribution in [2.45, 2.75) is 57.5 Å². The maximum atomic E-state index is 11.9. The number of hydrogen-bond donors (Lipinski definition) is 1. The van der Waals surface area contributed by atoms with E-state index in [0.717, 1.165) is 44.7 Å². The molecule has 1 unspecified atom stereocenters. The Morgan fingerprint density at radius 3 is 2.29 bits per heavy atom. The third-order valence-corrected chi connectivity index (χ3v) is 4.56. The number of carbonyl (C=O) groups excluding carboxylic acids is 1. The van der Waals surface area contributed by atoms with Gasteiger partial charge in [-0.2, -0.15) is 0 Å². The van der Waals surface area contributed by atoms with Crippen LogP contribution in [0.3, 0.4) is 0 Å². The van der Waals surface area contributed by atoms with Gasteiger partial charge in [0.05, 0.1) is 0 Å². The van der Waals surface area contributed by atoms with Crippen LogP contribution < -0.4 is 5.32 Å². The van der Waals surface area contributed by atoms with E-state index in [-0.39, 0.29) is 0 Å². The number of hydrogen-bond acceptors (Lipinski definition) is 2. The Labute approximate surface area is 104 Å². The molecule has 1 heterocycles. The van der Waals surface area contributed by atoms with Crippen molar-refractivity contribution >= 4 is 5.91 Å². The lowest BCUT2D eigenvalue weighted by molar-refractivity contribution is -0.133. The molecule has 0 aromatic carbocycles. The van der Waals surface area contributed by atoms with Crippen molar-refractivity contribution in [1.82, 2.24) is 10.2 Å². The minimum absolute atomic E-state index is 0.393. The van der Waals surface area contributed by atoms with E-state index in [9.17, 15) is 4.79 Å². The predicted molar refractivity (Wildman–Crippen MR) is 67.6 cm³/mol. The quantitative estimate of drug-likeness (QED) is 0.807. The average molecular weight is 236 g/mol. The number of rotatable bonds is 4. The van der Waals surface area contributed by atoms with Gasteiger partial charge in [0.1, 0.15) is 0 Å². The Morgan fingerprint density at radius 2 is 1.76 bits per heavy atom. The number of piperidine rings is 1. The molecule has 0 aromatic rings. The average Bonchev–Trinajstić information content (AvgIpc) is 3.20. The van der Waals surface area contributed by atoms with Crippen LogP contribution in [0.2, 0.25) is 0 Å². The van der Waals surface area contributed by atoms with Crippen LogP contribution in [0.15, 0.2) is 0 Å². The summed E-state index contributed by atoms with van der Waals surface area (Å²) in [6.45, 7) is 4.27. The van der Waals surface area contributed by atoms with E-state index in [2.05, 4.69) is 17.1 Å². The van der Waals surface area contributed by atoms with Gasteiger partial charge >= 0.3 is 0 Å². The second-order valence-electron chi connectivity index (χ2n) is 6.17. The van der Waals surface area contributed by atoms with Crippen molar-refractivity contribution in [3.05, 3.63) is 0 Å². The van der Waals surface area contributed by atoms with Gasteiger partial charge in [0.25, 0.3) is 0 Å². The van der Waals surface area contributed by atoms with Gasteiger partial charge in [-0.15, -0.1) is 0 Å². The largest absolute Gasteiger partial charge is 0.342 e. The zero-order valence-corrected chi connectivity index (χ0v) is 10.8. The third-order valence-electron chi connectivity index (χ3n) is 4.56. The van der Waals surface area contributed by atoms with Gasteiger partial charge in [-0.1, -0.05) is 0 Å². The second-order valence-corrected chi connectivity index (χ2v) is 6.17. The van der Waals surface area contributed by atoms with Crippen LogP contribution in [0.1, 0.15) is 45.4 Å². The fourth-order valence-electron chi connectivity index (χ4n) is 2.96. The van der Waals surface area contributed by atoms with E-state index < -0.39 is 0 Å². The fraction of sp³-hybridized carbons (Fsp3) is 0.929. The SMILES string of the molecule is CC(NC1CCN(C(=O)C2CC2)CC1)C1CC1. The van der Waals surface area contributed by atoms with Crippen LogP contribution in [-0.2, 0) is 4.79 Å². The first-order valence-electron chi connectivity index (χ1n) is 7.29. The summed E-state index contributed by atoms with van der Waals surface area (Å²) in [6.07, 6.45) is 7.39. The first-order valence-corrected chi connectivity index (χ1v) is 7.29. The zero-order chi connectivity index (χ0) is 11.8. The van der Waals surface area contributed by atoms with Crippen molar-refractivity contribution < 1.29 is 4.79 Å². The monoisotopic (exact) mass is 236 g/mol. The molecule has 1 atom stereocenters. The number of carbonyl (C=O) groups is 1. The summed E-state index contributed by atoms with van der Waals surface area (Å²) >= 11 is 0. The molecule has 96 valence electrons. The summed E-state index contributed by atoms with van der Waals surface area (Å²) < 4.78 is 0. The van der Waals surface area contributed by atoms with E-state index in [1.54, 1.807) is 0 Å². The molecule has 0 radical (unpaired) electrons. The molecule has 1 aliphatic heterocycles. The molecule has 0 bridgehead atoms. The maximum absolute atomic E-state index is 11.9. The molecule has 3 fully saturated rings. The Hall–Kier alpha value is -0.570. The fourth-order valence-corrected chi connectivity index (χ4v) is 2.96. The van der Waals surface area contributed by atoms with Crippen molar-refractivity contribution in [1.29, 1.82) is 0 Å². The molecule has 3 aliphatic rings. The summed E-state index contributed by atoms with van der Waals surface area (Å²) in [7, 11) is 0. The molecule has 3 nitrogen and oxygen atoms in total. The van der Waals surface area contributed by atoms with E-state index in [4.69, 9.17) is 0 Å². The normalized spacial score (nSPS) is 28.2. The summed E-state index contributed by atoms with van der Waals surface area (Å²) in [4.78, 5) is 14.0. The highest BCUT2D eigenvalue weighted by atomic mass is 16.2. The number of amides is 1. The Morgan fingerprint density at radius 1 is 1.12 bits per heavy atom. The Bertz CT molecular complexity index is 289. The van der Waals surface area contributed by atoms with Crippen LogP contribution in [0.5, 0.6) is 0 Å². The number of nitrogens with one attached hydrogen (secondary N) is 1. The third kappa shape index (κ3) is 2.82. The highest BCUT2D eigenvalue weighted by Crippen LogP contribution is 2.34. The number of nitrogens with zero attached hydrogens (tertiary/aromatic N) is 1. The van der Waals surface area contributed by atoms with Crippen LogP contribution in [-0.4, -0.2) is 36.0 Å². The molecule has 1 N–H and O–H groups in total. The van der Waals surface area contributed by atoms with Gasteiger partial charge in [0.2, 0.25) is 5.91 Å². The van der Waals surface area contributed by atoms with Crippen LogP contribution in [0, 0.1) is 11.8 Å². The van der Waals surface area contributed by atoms with Crippen LogP contribution >= 0.6 is 0 Å². The van der Waals surface area contributed by atoms with Crippen LogP contribution in [0.25, 0.3) is 0 Å². The molecule has 3 heteroatoms. The molecule has 0 spiro atoms. The van der Waals surface area contributed by atoms with Gasteiger partial charge in [-0.3, -0.25) is 4.79 Å². The predicted octanol–water partition coefficient (Wildman–Crippen LogP) is 1.78. The molecule has 1 saturated heterocycles. The summed E-state index contributed by atoms with van der Waals surface area (Å²) in [5.74, 6) is 1.75. The van der Waals surface area contributed by atoms with Crippen molar-refractivity contribution in [3.63, 3.8) is 0 Å². The lowest BCUT2D eigenvalue weighted by atomic mass is 10.0. The first-order chi connectivity index (χ1) is 8.24. The van der Waals surface area contributed by atoms with Gasteiger partial charge in [-0.25, -0.2) is 0 Å². The van der Waals surface area contributed by atoms with Gasteiger partial charge in [-0.05, 0) is 51.4 Å². The van der Waals surface area contributed by atoms with Crippen LogP contribution in [0.4, 0.5) is 0 Å². The highest BCUT2D eigenvalue weighted by Gasteiger charge is 2.35. The van der Waals surface area contributed by atoms with E-state index in [0.29, 0.717) is 23.9 Å². The summed E-state index contributed by atoms with van der Waals surface area (Å²) in [5.41, 5.74) is 0. The topological polar surface area (TPSA) is 32.3 Å². The standard InChI is InChI=1S/C14H24N2O/c1-10(11-2-3-11)15-13-6-8-16(9-7-13)14(17)12-4-5-12/h10-13,15H,2-9H2,1H3. The minimum atomic E-state index is 0.393. The van der Waals surface area contributed by atoms with Gasteiger partial charge in [0.15, 0.2) is 0 Å². The maximum Gasteiger partial charge on any atom is 0.225 e. The second kappa shape index (κ2) is 4.60. The zero-order valence-electron chi connectivity index (χ0n) is 10.8. The lowest BCUT2D eigenvalue weighted by Crippen LogP contribution is -2.48. The lowest BCUT2D eigenvalue weighted by Gasteiger charge is -2.34. The van der Waals surface area contributed by atoms with Crippen molar-refractivity contribution in [2.75, 3.05) is 13.1 Å². The molecule has 1 amide bonds. The molecular formula is C14H24N2O. The number of likely N-dealkylation sites (tertiary alicyclic amines) is 1. The Balaban J connectivity index is 1.41. The van der Waals surface area contributed by atoms with E-state index in [1.165, 1.54) is 12.8 Å². The molecule has 0 aromatic heterocycles. The molecule has 2 aliphatic carbocycles. The molecule has 3 rings (SSSR count). The highest BCUT2D eigenvalue weighted by molar-refractivity contribution is 5.81. The van der Waals surface area contributed by atoms with E-state index >= 15 is 0 Å².